The molecule has 1 aliphatic heterocycles. The maximum absolute atomic E-state index is 13.3. The minimum atomic E-state index is -0.121. The van der Waals surface area contributed by atoms with Crippen LogP contribution < -0.4 is 10.6 Å². The Balaban J connectivity index is 1.73. The maximum atomic E-state index is 13.3. The van der Waals surface area contributed by atoms with E-state index in [4.69, 9.17) is 0 Å². The summed E-state index contributed by atoms with van der Waals surface area (Å²) in [4.78, 5) is 35.4. The number of pyridine rings is 2. The number of fused-ring (bicyclic) bond motifs is 1. The lowest BCUT2D eigenvalue weighted by molar-refractivity contribution is -0.114. The van der Waals surface area contributed by atoms with E-state index in [1.54, 1.807) is 6.20 Å². The van der Waals surface area contributed by atoms with E-state index in [1.165, 1.54) is 6.92 Å². The van der Waals surface area contributed by atoms with Crippen LogP contribution in [0, 0.1) is 6.92 Å². The average Bonchev–Trinajstić information content (AvgIpc) is 2.75. The van der Waals surface area contributed by atoms with Gasteiger partial charge in [0.1, 0.15) is 0 Å². The highest BCUT2D eigenvalue weighted by molar-refractivity contribution is 7.99. The van der Waals surface area contributed by atoms with Crippen LogP contribution >= 0.6 is 11.8 Å². The lowest BCUT2D eigenvalue weighted by atomic mass is 10.1. The van der Waals surface area contributed by atoms with Gasteiger partial charge in [0.05, 0.1) is 11.3 Å². The fraction of sp³-hybridized carbons (Fsp3) is 0.273. The van der Waals surface area contributed by atoms with Gasteiger partial charge in [-0.3, -0.25) is 9.59 Å². The van der Waals surface area contributed by atoms with E-state index in [9.17, 15) is 9.59 Å². The van der Waals surface area contributed by atoms with Gasteiger partial charge in [-0.15, -0.1) is 0 Å². The summed E-state index contributed by atoms with van der Waals surface area (Å²) in [5.41, 5.74) is 4.22. The van der Waals surface area contributed by atoms with Gasteiger partial charge < -0.3 is 15.5 Å². The van der Waals surface area contributed by atoms with Crippen molar-refractivity contribution in [2.75, 3.05) is 35.2 Å². The summed E-state index contributed by atoms with van der Waals surface area (Å²) < 4.78 is 0. The number of aryl methyl sites for hydroxylation is 1. The van der Waals surface area contributed by atoms with Crippen molar-refractivity contribution in [1.29, 1.82) is 0 Å². The number of hydrogen-bond acceptors (Lipinski definition) is 6. The molecule has 1 aliphatic rings. The highest BCUT2D eigenvalue weighted by Gasteiger charge is 2.23. The molecule has 0 aliphatic carbocycles. The normalized spacial score (nSPS) is 13.9. The first kappa shape index (κ1) is 20.2. The Morgan fingerprint density at radius 3 is 2.43 bits per heavy atom. The Kier molecular flexibility index (Phi) is 5.85. The Labute approximate surface area is 179 Å². The minimum Gasteiger partial charge on any atom is -0.354 e. The molecule has 8 heteroatoms. The molecule has 7 nitrogen and oxygen atoms in total. The van der Waals surface area contributed by atoms with E-state index in [1.807, 2.05) is 60.0 Å². The number of carbonyl (C=O) groups excluding carboxylic acids is 2. The smallest absolute Gasteiger partial charge is 0.257 e. The van der Waals surface area contributed by atoms with Crippen LogP contribution in [0.25, 0.3) is 11.0 Å². The molecule has 4 rings (SSSR count). The molecule has 0 unspecified atom stereocenters. The molecule has 3 aromatic rings. The molecule has 0 atom stereocenters. The highest BCUT2D eigenvalue weighted by Crippen LogP contribution is 2.30. The topological polar surface area (TPSA) is 87.2 Å². The Morgan fingerprint density at radius 1 is 1.03 bits per heavy atom. The molecule has 3 heterocycles. The third-order valence-corrected chi connectivity index (χ3v) is 5.81. The van der Waals surface area contributed by atoms with Gasteiger partial charge in [0.25, 0.3) is 5.91 Å². The van der Waals surface area contributed by atoms with Crippen molar-refractivity contribution in [1.82, 2.24) is 14.9 Å². The zero-order chi connectivity index (χ0) is 21.1. The molecule has 0 bridgehead atoms. The average molecular weight is 422 g/mol. The number of nitrogens with zero attached hydrogens (tertiary/aromatic N) is 3. The fourth-order valence-corrected chi connectivity index (χ4v) is 4.29. The van der Waals surface area contributed by atoms with E-state index >= 15 is 0 Å². The Bertz CT molecular complexity index is 1090. The molecular weight excluding hydrogens is 398 g/mol. The van der Waals surface area contributed by atoms with Crippen molar-refractivity contribution < 1.29 is 9.59 Å². The second-order valence-corrected chi connectivity index (χ2v) is 8.38. The Hall–Kier alpha value is -3.13. The third kappa shape index (κ3) is 4.38. The van der Waals surface area contributed by atoms with E-state index in [2.05, 4.69) is 20.6 Å². The molecule has 1 aromatic carbocycles. The number of amides is 2. The summed E-state index contributed by atoms with van der Waals surface area (Å²) in [6, 6.07) is 11.2. The van der Waals surface area contributed by atoms with Crippen LogP contribution in [-0.4, -0.2) is 51.3 Å². The molecule has 154 valence electrons. The lowest BCUT2D eigenvalue weighted by Crippen LogP contribution is -2.38. The molecule has 0 radical (unpaired) electrons. The van der Waals surface area contributed by atoms with E-state index in [0.717, 1.165) is 41.4 Å². The number of aromatic nitrogens is 2. The zero-order valence-corrected chi connectivity index (χ0v) is 17.8. The molecule has 0 saturated carbocycles. The summed E-state index contributed by atoms with van der Waals surface area (Å²) in [5.74, 6) is 1.74. The van der Waals surface area contributed by atoms with Crippen molar-refractivity contribution in [2.24, 2.45) is 0 Å². The SMILES string of the molecule is CC(=O)Nc1ccc(Nc2c(C(=O)N3CCSCC3)cnc3nc(C)ccc23)cc1. The molecule has 2 amide bonds. The van der Waals surface area contributed by atoms with Gasteiger partial charge in [0, 0.05) is 60.2 Å². The highest BCUT2D eigenvalue weighted by atomic mass is 32.2. The van der Waals surface area contributed by atoms with E-state index in [0.29, 0.717) is 22.6 Å². The monoisotopic (exact) mass is 421 g/mol. The quantitative estimate of drug-likeness (QED) is 0.666. The van der Waals surface area contributed by atoms with Crippen LogP contribution in [-0.2, 0) is 4.79 Å². The third-order valence-electron chi connectivity index (χ3n) is 4.87. The van der Waals surface area contributed by atoms with Crippen LogP contribution in [0.2, 0.25) is 0 Å². The van der Waals surface area contributed by atoms with Crippen LogP contribution in [0.3, 0.4) is 0 Å². The van der Waals surface area contributed by atoms with Crippen molar-refractivity contribution >= 4 is 51.7 Å². The van der Waals surface area contributed by atoms with Gasteiger partial charge >= 0.3 is 0 Å². The fourth-order valence-electron chi connectivity index (χ4n) is 3.39. The minimum absolute atomic E-state index is 0.0253. The van der Waals surface area contributed by atoms with Crippen LogP contribution in [0.4, 0.5) is 17.1 Å². The largest absolute Gasteiger partial charge is 0.354 e. The van der Waals surface area contributed by atoms with E-state index < -0.39 is 0 Å². The predicted molar refractivity (Wildman–Crippen MR) is 122 cm³/mol. The first-order chi connectivity index (χ1) is 14.5. The first-order valence-electron chi connectivity index (χ1n) is 9.79. The number of nitrogens with one attached hydrogen (secondary N) is 2. The second-order valence-electron chi connectivity index (χ2n) is 7.16. The number of rotatable bonds is 4. The molecule has 2 N–H and O–H groups in total. The summed E-state index contributed by atoms with van der Waals surface area (Å²) in [6.45, 7) is 4.86. The van der Waals surface area contributed by atoms with Gasteiger partial charge in [-0.1, -0.05) is 0 Å². The lowest BCUT2D eigenvalue weighted by Gasteiger charge is -2.27. The molecule has 2 aromatic heterocycles. The summed E-state index contributed by atoms with van der Waals surface area (Å²) in [6.07, 6.45) is 1.62. The van der Waals surface area contributed by atoms with E-state index in [-0.39, 0.29) is 11.8 Å². The number of hydrogen-bond donors (Lipinski definition) is 2. The first-order valence-corrected chi connectivity index (χ1v) is 10.9. The second kappa shape index (κ2) is 8.71. The van der Waals surface area contributed by atoms with Gasteiger partial charge in [0.2, 0.25) is 5.91 Å². The molecule has 1 saturated heterocycles. The number of carbonyl (C=O) groups is 2. The van der Waals surface area contributed by atoms with Crippen molar-refractivity contribution in [3.05, 3.63) is 53.9 Å². The van der Waals surface area contributed by atoms with Gasteiger partial charge in [-0.25, -0.2) is 9.97 Å². The van der Waals surface area contributed by atoms with Crippen LogP contribution in [0.1, 0.15) is 23.0 Å². The molecular formula is C22H23N5O2S. The number of anilines is 3. The summed E-state index contributed by atoms with van der Waals surface area (Å²) in [5, 5.41) is 6.94. The van der Waals surface area contributed by atoms with Crippen LogP contribution in [0.15, 0.2) is 42.6 Å². The van der Waals surface area contributed by atoms with Crippen molar-refractivity contribution in [3.8, 4) is 0 Å². The van der Waals surface area contributed by atoms with Gasteiger partial charge in [-0.2, -0.15) is 11.8 Å². The zero-order valence-electron chi connectivity index (χ0n) is 16.9. The van der Waals surface area contributed by atoms with Crippen molar-refractivity contribution in [3.63, 3.8) is 0 Å². The Morgan fingerprint density at radius 2 is 1.73 bits per heavy atom. The van der Waals surface area contributed by atoms with Crippen LogP contribution in [0.5, 0.6) is 0 Å². The number of thioether (sulfide) groups is 1. The molecule has 30 heavy (non-hydrogen) atoms. The maximum Gasteiger partial charge on any atom is 0.257 e. The van der Waals surface area contributed by atoms with Crippen molar-refractivity contribution in [2.45, 2.75) is 13.8 Å². The van der Waals surface area contributed by atoms with Gasteiger partial charge in [-0.05, 0) is 43.3 Å². The predicted octanol–water partition coefficient (Wildman–Crippen LogP) is 3.83. The summed E-state index contributed by atoms with van der Waals surface area (Å²) >= 11 is 1.86. The molecule has 1 fully saturated rings. The van der Waals surface area contributed by atoms with Gasteiger partial charge in [0.15, 0.2) is 5.65 Å². The standard InChI is InChI=1S/C22H23N5O2S/c1-14-3-8-18-20(26-17-6-4-16(5-7-17)25-15(2)28)19(13-23-21(18)24-14)22(29)27-9-11-30-12-10-27/h3-8,13H,9-12H2,1-2H3,(H,25,28)(H,23,24,26). The summed E-state index contributed by atoms with van der Waals surface area (Å²) in [7, 11) is 0. The number of benzene rings is 1. The molecule has 0 spiro atoms.